The molecule has 2 aromatic rings. The molecule has 0 saturated carbocycles. The summed E-state index contributed by atoms with van der Waals surface area (Å²) < 4.78 is 56.0. The molecule has 0 unspecified atom stereocenters. The molecule has 0 aliphatic carbocycles. The molecule has 0 spiro atoms. The standard InChI is InChI=1S/C17H14F4N2O4S/c18-12-2-4-13(5-3-12)27-8-7-22-16(24)10-28-15-6-1-11(17(19,20)21)9-14(15)23(25)26/h1-6,9H,7-8,10H2,(H,22,24). The Balaban J connectivity index is 1.83. The first-order valence-corrected chi connectivity index (χ1v) is 8.79. The van der Waals surface area contributed by atoms with E-state index in [1.165, 1.54) is 24.3 Å². The lowest BCUT2D eigenvalue weighted by molar-refractivity contribution is -0.388. The van der Waals surface area contributed by atoms with Crippen LogP contribution in [0.3, 0.4) is 0 Å². The first-order valence-electron chi connectivity index (χ1n) is 7.80. The highest BCUT2D eigenvalue weighted by molar-refractivity contribution is 8.00. The molecule has 0 heterocycles. The van der Waals surface area contributed by atoms with Crippen LogP contribution in [0.15, 0.2) is 47.4 Å². The van der Waals surface area contributed by atoms with Crippen molar-refractivity contribution in [3.05, 3.63) is 64.0 Å². The van der Waals surface area contributed by atoms with Crippen LogP contribution in [0, 0.1) is 15.9 Å². The van der Waals surface area contributed by atoms with E-state index in [1.807, 2.05) is 0 Å². The van der Waals surface area contributed by atoms with Gasteiger partial charge in [-0.05, 0) is 36.4 Å². The maximum absolute atomic E-state index is 12.8. The van der Waals surface area contributed by atoms with Gasteiger partial charge in [-0.3, -0.25) is 14.9 Å². The van der Waals surface area contributed by atoms with Crippen molar-refractivity contribution in [3.8, 4) is 5.75 Å². The van der Waals surface area contributed by atoms with Gasteiger partial charge in [0.2, 0.25) is 5.91 Å². The molecule has 0 atom stereocenters. The molecule has 0 fully saturated rings. The van der Waals surface area contributed by atoms with Crippen LogP contribution in [0.1, 0.15) is 5.56 Å². The van der Waals surface area contributed by atoms with Crippen molar-refractivity contribution >= 4 is 23.4 Å². The molecule has 0 bridgehead atoms. The second-order valence-electron chi connectivity index (χ2n) is 5.38. The third kappa shape index (κ3) is 6.41. The molecule has 0 saturated heterocycles. The van der Waals surface area contributed by atoms with E-state index < -0.39 is 34.1 Å². The molecule has 0 aromatic heterocycles. The SMILES string of the molecule is O=C(CSc1ccc(C(F)(F)F)cc1[N+](=O)[O-])NCCOc1ccc(F)cc1. The van der Waals surface area contributed by atoms with Crippen molar-refractivity contribution < 1.29 is 32.0 Å². The minimum Gasteiger partial charge on any atom is -0.492 e. The number of thioether (sulfide) groups is 1. The number of hydrogen-bond donors (Lipinski definition) is 1. The third-order valence-corrected chi connectivity index (χ3v) is 4.41. The van der Waals surface area contributed by atoms with Crippen LogP contribution in [0.5, 0.6) is 5.75 Å². The largest absolute Gasteiger partial charge is 0.492 e. The van der Waals surface area contributed by atoms with Crippen LogP contribution in [0.2, 0.25) is 0 Å². The van der Waals surface area contributed by atoms with E-state index in [2.05, 4.69) is 5.32 Å². The fraction of sp³-hybridized carbons (Fsp3) is 0.235. The predicted octanol–water partition coefficient (Wildman–Crippen LogP) is 4.04. The van der Waals surface area contributed by atoms with E-state index in [0.29, 0.717) is 11.8 Å². The number of hydrogen-bond acceptors (Lipinski definition) is 5. The first-order chi connectivity index (χ1) is 13.2. The number of ether oxygens (including phenoxy) is 1. The Morgan fingerprint density at radius 2 is 1.86 bits per heavy atom. The minimum absolute atomic E-state index is 0.0456. The molecule has 2 rings (SSSR count). The zero-order valence-corrected chi connectivity index (χ0v) is 15.0. The van der Waals surface area contributed by atoms with Crippen LogP contribution in [0.25, 0.3) is 0 Å². The molecule has 0 radical (unpaired) electrons. The molecule has 1 N–H and O–H groups in total. The molecule has 11 heteroatoms. The summed E-state index contributed by atoms with van der Waals surface area (Å²) in [4.78, 5) is 21.8. The normalized spacial score (nSPS) is 11.1. The van der Waals surface area contributed by atoms with Crippen LogP contribution in [0.4, 0.5) is 23.2 Å². The molecular formula is C17H14F4N2O4S. The fourth-order valence-corrected chi connectivity index (χ4v) is 2.88. The van der Waals surface area contributed by atoms with Crippen molar-refractivity contribution in [1.82, 2.24) is 5.32 Å². The maximum atomic E-state index is 12.8. The van der Waals surface area contributed by atoms with Gasteiger partial charge >= 0.3 is 6.18 Å². The van der Waals surface area contributed by atoms with Gasteiger partial charge in [0.15, 0.2) is 0 Å². The van der Waals surface area contributed by atoms with Gasteiger partial charge in [0, 0.05) is 6.07 Å². The van der Waals surface area contributed by atoms with Crippen LogP contribution in [-0.2, 0) is 11.0 Å². The van der Waals surface area contributed by atoms with Crippen molar-refractivity contribution in [1.29, 1.82) is 0 Å². The van der Waals surface area contributed by atoms with Gasteiger partial charge in [0.25, 0.3) is 5.69 Å². The van der Waals surface area contributed by atoms with Crippen LogP contribution >= 0.6 is 11.8 Å². The zero-order valence-electron chi connectivity index (χ0n) is 14.2. The van der Waals surface area contributed by atoms with Gasteiger partial charge in [-0.2, -0.15) is 13.2 Å². The quantitative estimate of drug-likeness (QED) is 0.230. The molecule has 0 aliphatic heterocycles. The summed E-state index contributed by atoms with van der Waals surface area (Å²) in [6.45, 7) is 0.244. The predicted molar refractivity (Wildman–Crippen MR) is 93.7 cm³/mol. The summed E-state index contributed by atoms with van der Waals surface area (Å²) in [5.41, 5.74) is -1.85. The summed E-state index contributed by atoms with van der Waals surface area (Å²) in [5.74, 6) is -0.676. The highest BCUT2D eigenvalue weighted by Gasteiger charge is 2.33. The van der Waals surface area contributed by atoms with E-state index in [9.17, 15) is 32.5 Å². The van der Waals surface area contributed by atoms with E-state index in [0.717, 1.165) is 23.9 Å². The Kier molecular flexibility index (Phi) is 7.21. The highest BCUT2D eigenvalue weighted by atomic mass is 32.2. The number of benzene rings is 2. The summed E-state index contributed by atoms with van der Waals surface area (Å²) in [7, 11) is 0. The Hall–Kier alpha value is -2.82. The average Bonchev–Trinajstić information content (AvgIpc) is 2.64. The summed E-state index contributed by atoms with van der Waals surface area (Å²) >= 11 is 0.755. The number of nitro benzene ring substituents is 1. The number of carbonyl (C=O) groups excluding carboxylic acids is 1. The van der Waals surface area contributed by atoms with Gasteiger partial charge in [0.1, 0.15) is 18.2 Å². The van der Waals surface area contributed by atoms with E-state index in [4.69, 9.17) is 4.74 Å². The Labute approximate surface area is 161 Å². The smallest absolute Gasteiger partial charge is 0.416 e. The second-order valence-corrected chi connectivity index (χ2v) is 6.40. The number of amides is 1. The molecule has 6 nitrogen and oxygen atoms in total. The van der Waals surface area contributed by atoms with Gasteiger partial charge in [0.05, 0.1) is 27.7 Å². The van der Waals surface area contributed by atoms with Crippen molar-refractivity contribution in [2.45, 2.75) is 11.1 Å². The lowest BCUT2D eigenvalue weighted by atomic mass is 10.2. The summed E-state index contributed by atoms with van der Waals surface area (Å²) in [6, 6.07) is 7.44. The fourth-order valence-electron chi connectivity index (χ4n) is 2.04. The molecule has 150 valence electrons. The van der Waals surface area contributed by atoms with E-state index >= 15 is 0 Å². The van der Waals surface area contributed by atoms with E-state index in [-0.39, 0.29) is 23.8 Å². The second kappa shape index (κ2) is 9.40. The number of nitro groups is 1. The number of nitrogens with one attached hydrogen (secondary N) is 1. The van der Waals surface area contributed by atoms with Gasteiger partial charge in [-0.1, -0.05) is 0 Å². The zero-order chi connectivity index (χ0) is 20.7. The summed E-state index contributed by atoms with van der Waals surface area (Å²) in [6.07, 6.45) is -4.70. The number of rotatable bonds is 8. The average molecular weight is 418 g/mol. The van der Waals surface area contributed by atoms with Crippen LogP contribution in [-0.4, -0.2) is 29.7 Å². The number of nitrogens with zero attached hydrogens (tertiary/aromatic N) is 1. The number of alkyl halides is 3. The number of halogens is 4. The van der Waals surface area contributed by atoms with Gasteiger partial charge in [-0.15, -0.1) is 11.8 Å². The van der Waals surface area contributed by atoms with Crippen molar-refractivity contribution in [2.75, 3.05) is 18.9 Å². The highest BCUT2D eigenvalue weighted by Crippen LogP contribution is 2.36. The Morgan fingerprint density at radius 1 is 1.18 bits per heavy atom. The van der Waals surface area contributed by atoms with Crippen LogP contribution < -0.4 is 10.1 Å². The molecule has 2 aromatic carbocycles. The monoisotopic (exact) mass is 418 g/mol. The van der Waals surface area contributed by atoms with E-state index in [1.54, 1.807) is 0 Å². The Morgan fingerprint density at radius 3 is 2.46 bits per heavy atom. The molecule has 1 amide bonds. The van der Waals surface area contributed by atoms with Gasteiger partial charge in [-0.25, -0.2) is 4.39 Å². The topological polar surface area (TPSA) is 81.5 Å². The Bertz CT molecular complexity index is 844. The van der Waals surface area contributed by atoms with Gasteiger partial charge < -0.3 is 10.1 Å². The molecular weight excluding hydrogens is 404 g/mol. The number of carbonyl (C=O) groups is 1. The maximum Gasteiger partial charge on any atom is 0.416 e. The minimum atomic E-state index is -4.70. The van der Waals surface area contributed by atoms with Crippen molar-refractivity contribution in [2.24, 2.45) is 0 Å². The first kappa shape index (κ1) is 21.5. The molecule has 28 heavy (non-hydrogen) atoms. The third-order valence-electron chi connectivity index (χ3n) is 3.35. The molecule has 0 aliphatic rings. The lowest BCUT2D eigenvalue weighted by Gasteiger charge is -2.09. The lowest BCUT2D eigenvalue weighted by Crippen LogP contribution is -2.29. The van der Waals surface area contributed by atoms with Crippen molar-refractivity contribution in [3.63, 3.8) is 0 Å². The summed E-state index contributed by atoms with van der Waals surface area (Å²) in [5, 5.41) is 13.5.